The molecule has 1 fully saturated rings. The molecule has 1 atom stereocenters. The number of carbonyl (C=O) groups is 3. The Morgan fingerprint density at radius 1 is 1.19 bits per heavy atom. The molecule has 1 aromatic rings. The minimum absolute atomic E-state index is 0.152. The summed E-state index contributed by atoms with van der Waals surface area (Å²) < 4.78 is 0. The lowest BCUT2D eigenvalue weighted by Crippen LogP contribution is -2.71. The van der Waals surface area contributed by atoms with Crippen LogP contribution in [0, 0.1) is 12.3 Å². The third kappa shape index (κ3) is 3.77. The number of nitrogens with zero attached hydrogens (tertiary/aromatic N) is 3. The van der Waals surface area contributed by atoms with E-state index in [9.17, 15) is 14.4 Å². The number of aryl methyl sites for hydroxylation is 1. The van der Waals surface area contributed by atoms with Gasteiger partial charge in [0.15, 0.2) is 6.29 Å². The number of nitrogens with two attached hydrogens (primary N) is 3. The van der Waals surface area contributed by atoms with Gasteiger partial charge < -0.3 is 4.84 Å². The van der Waals surface area contributed by atoms with E-state index in [4.69, 9.17) is 17.5 Å². The number of imide groups is 1. The van der Waals surface area contributed by atoms with Crippen LogP contribution in [-0.2, 0) is 16.2 Å². The normalized spacial score (nSPS) is 18.4. The molecule has 1 aromatic carbocycles. The SMILES string of the molecule is Cc1ccc(CN2C(=O)N(CC(C)(C)C(=O)ON)C(=O)N(N)C2N)cc1. The molecule has 1 aliphatic rings. The van der Waals surface area contributed by atoms with Gasteiger partial charge in [-0.3, -0.25) is 10.6 Å². The van der Waals surface area contributed by atoms with Crippen LogP contribution in [0.4, 0.5) is 9.59 Å². The molecule has 6 N–H and O–H groups in total. The minimum Gasteiger partial charge on any atom is -0.373 e. The van der Waals surface area contributed by atoms with E-state index >= 15 is 0 Å². The van der Waals surface area contributed by atoms with Gasteiger partial charge >= 0.3 is 18.0 Å². The maximum Gasteiger partial charge on any atom is 0.345 e. The lowest BCUT2D eigenvalue weighted by atomic mass is 9.93. The summed E-state index contributed by atoms with van der Waals surface area (Å²) in [7, 11) is 0. The maximum absolute atomic E-state index is 12.8. The van der Waals surface area contributed by atoms with Gasteiger partial charge in [-0.1, -0.05) is 29.8 Å². The van der Waals surface area contributed by atoms with Gasteiger partial charge in [-0.05, 0) is 26.3 Å². The fraction of sp³-hybridized carbons (Fsp3) is 0.438. The van der Waals surface area contributed by atoms with Crippen molar-refractivity contribution in [1.82, 2.24) is 14.8 Å². The zero-order valence-electron chi connectivity index (χ0n) is 15.0. The summed E-state index contributed by atoms with van der Waals surface area (Å²) >= 11 is 0. The van der Waals surface area contributed by atoms with Crippen molar-refractivity contribution in [1.29, 1.82) is 0 Å². The Kier molecular flexibility index (Phi) is 5.50. The van der Waals surface area contributed by atoms with Gasteiger partial charge in [0.1, 0.15) is 0 Å². The van der Waals surface area contributed by atoms with Crippen LogP contribution < -0.4 is 17.5 Å². The van der Waals surface area contributed by atoms with Gasteiger partial charge in [0.25, 0.3) is 0 Å². The molecule has 0 radical (unpaired) electrons. The molecule has 1 heterocycles. The monoisotopic (exact) mass is 364 g/mol. The van der Waals surface area contributed by atoms with Crippen molar-refractivity contribution in [2.75, 3.05) is 6.54 Å². The van der Waals surface area contributed by atoms with Gasteiger partial charge in [-0.2, -0.15) is 5.90 Å². The van der Waals surface area contributed by atoms with Crippen molar-refractivity contribution in [3.63, 3.8) is 0 Å². The standard InChI is InChI=1S/C16H24N6O4/c1-10-4-6-11(7-5-10)8-20-13(17)22(18)15(25)21(14(20)24)9-16(2,3)12(23)26-19/h4-7,13H,8-9,17-19H2,1-3H3. The number of rotatable bonds is 5. The second kappa shape index (κ2) is 7.28. The second-order valence-electron chi connectivity index (χ2n) is 6.87. The molecule has 26 heavy (non-hydrogen) atoms. The van der Waals surface area contributed by atoms with E-state index in [-0.39, 0.29) is 13.1 Å². The highest BCUT2D eigenvalue weighted by Crippen LogP contribution is 2.24. The molecule has 10 heteroatoms. The second-order valence-corrected chi connectivity index (χ2v) is 6.87. The maximum atomic E-state index is 12.8. The van der Waals surface area contributed by atoms with Crippen LogP contribution in [0.2, 0.25) is 0 Å². The van der Waals surface area contributed by atoms with Crippen molar-refractivity contribution in [2.45, 2.75) is 33.6 Å². The van der Waals surface area contributed by atoms with Crippen LogP contribution >= 0.6 is 0 Å². The predicted molar refractivity (Wildman–Crippen MR) is 92.3 cm³/mol. The van der Waals surface area contributed by atoms with Crippen LogP contribution in [0.1, 0.15) is 25.0 Å². The van der Waals surface area contributed by atoms with Crippen LogP contribution in [-0.4, -0.2) is 45.7 Å². The van der Waals surface area contributed by atoms with Crippen molar-refractivity contribution in [3.05, 3.63) is 35.4 Å². The van der Waals surface area contributed by atoms with E-state index in [1.54, 1.807) is 0 Å². The number of urea groups is 2. The zero-order chi connectivity index (χ0) is 19.6. The third-order valence-corrected chi connectivity index (χ3v) is 4.22. The molecule has 0 aliphatic carbocycles. The lowest BCUT2D eigenvalue weighted by Gasteiger charge is -2.44. The summed E-state index contributed by atoms with van der Waals surface area (Å²) in [5.74, 6) is 9.91. The van der Waals surface area contributed by atoms with Crippen molar-refractivity contribution < 1.29 is 19.2 Å². The quantitative estimate of drug-likeness (QED) is 0.384. The van der Waals surface area contributed by atoms with Crippen LogP contribution in [0.5, 0.6) is 0 Å². The summed E-state index contributed by atoms with van der Waals surface area (Å²) in [5.41, 5.74) is 6.62. The van der Waals surface area contributed by atoms with Crippen molar-refractivity contribution >= 4 is 18.0 Å². The average Bonchev–Trinajstić information content (AvgIpc) is 2.61. The third-order valence-electron chi connectivity index (χ3n) is 4.22. The Morgan fingerprint density at radius 3 is 2.31 bits per heavy atom. The fourth-order valence-corrected chi connectivity index (χ4v) is 2.56. The Balaban J connectivity index is 2.26. The van der Waals surface area contributed by atoms with E-state index in [0.29, 0.717) is 0 Å². The highest BCUT2D eigenvalue weighted by molar-refractivity contribution is 5.96. The van der Waals surface area contributed by atoms with Gasteiger partial charge in [-0.15, -0.1) is 0 Å². The van der Waals surface area contributed by atoms with Gasteiger partial charge in [-0.25, -0.2) is 30.1 Å². The first-order valence-electron chi connectivity index (χ1n) is 7.97. The first-order valence-corrected chi connectivity index (χ1v) is 7.97. The molecule has 0 spiro atoms. The van der Waals surface area contributed by atoms with Crippen LogP contribution in [0.25, 0.3) is 0 Å². The van der Waals surface area contributed by atoms with Crippen LogP contribution in [0.3, 0.4) is 0 Å². The van der Waals surface area contributed by atoms with E-state index in [0.717, 1.165) is 21.0 Å². The minimum atomic E-state index is -1.21. The molecule has 1 unspecified atom stereocenters. The van der Waals surface area contributed by atoms with E-state index in [1.165, 1.54) is 18.7 Å². The average molecular weight is 364 g/mol. The molecular weight excluding hydrogens is 340 g/mol. The Morgan fingerprint density at radius 2 is 1.77 bits per heavy atom. The van der Waals surface area contributed by atoms with E-state index < -0.39 is 29.7 Å². The largest absolute Gasteiger partial charge is 0.373 e. The smallest absolute Gasteiger partial charge is 0.345 e. The molecule has 142 valence electrons. The topological polar surface area (TPSA) is 148 Å². The number of hydrogen-bond acceptors (Lipinski definition) is 7. The number of carbonyl (C=O) groups excluding carboxylic acids is 3. The Hall–Kier alpha value is -2.69. The van der Waals surface area contributed by atoms with Gasteiger partial charge in [0, 0.05) is 6.54 Å². The molecule has 1 aliphatic heterocycles. The van der Waals surface area contributed by atoms with E-state index in [2.05, 4.69) is 4.84 Å². The molecule has 10 nitrogen and oxygen atoms in total. The molecule has 1 saturated heterocycles. The molecule has 0 aromatic heterocycles. The first kappa shape index (κ1) is 19.6. The summed E-state index contributed by atoms with van der Waals surface area (Å²) in [6.45, 7) is 4.85. The zero-order valence-corrected chi connectivity index (χ0v) is 15.0. The first-order chi connectivity index (χ1) is 12.1. The summed E-state index contributed by atoms with van der Waals surface area (Å²) in [6, 6.07) is 6.06. The highest BCUT2D eigenvalue weighted by atomic mass is 16.7. The number of benzene rings is 1. The van der Waals surface area contributed by atoms with Crippen molar-refractivity contribution in [3.8, 4) is 0 Å². The number of amides is 4. The molecule has 0 saturated carbocycles. The molecule has 0 bridgehead atoms. The lowest BCUT2D eigenvalue weighted by molar-refractivity contribution is -0.155. The predicted octanol–water partition coefficient (Wildman–Crippen LogP) is 0.214. The molecule has 2 rings (SSSR count). The summed E-state index contributed by atoms with van der Waals surface area (Å²) in [5, 5.41) is 0.749. The number of hydrogen-bond donors (Lipinski definition) is 3. The van der Waals surface area contributed by atoms with Crippen LogP contribution in [0.15, 0.2) is 24.3 Å². The Bertz CT molecular complexity index is 705. The summed E-state index contributed by atoms with van der Waals surface area (Å²) in [4.78, 5) is 43.4. The molecule has 4 amide bonds. The molecular formula is C16H24N6O4. The summed E-state index contributed by atoms with van der Waals surface area (Å²) in [6.07, 6.45) is -1.13. The van der Waals surface area contributed by atoms with Gasteiger partial charge in [0.05, 0.1) is 12.0 Å². The highest BCUT2D eigenvalue weighted by Gasteiger charge is 2.45. The Labute approximate surface area is 151 Å². The number of hydrazine groups is 1. The van der Waals surface area contributed by atoms with Crippen molar-refractivity contribution in [2.24, 2.45) is 22.9 Å². The fourth-order valence-electron chi connectivity index (χ4n) is 2.56. The van der Waals surface area contributed by atoms with E-state index in [1.807, 2.05) is 31.2 Å². The van der Waals surface area contributed by atoms with Gasteiger partial charge in [0.2, 0.25) is 0 Å².